The molecule has 0 fully saturated rings. The van der Waals surface area contributed by atoms with E-state index in [1.54, 1.807) is 0 Å². The highest BCUT2D eigenvalue weighted by Gasteiger charge is 2.45. The molecule has 0 heterocycles. The Bertz CT molecular complexity index is 575. The molecule has 0 saturated heterocycles. The lowest BCUT2D eigenvalue weighted by atomic mass is 9.66. The Morgan fingerprint density at radius 1 is 0.605 bits per heavy atom. The summed E-state index contributed by atoms with van der Waals surface area (Å²) in [6, 6.07) is 0. The molecule has 0 saturated carbocycles. The molecular formula is C34H66O4. The van der Waals surface area contributed by atoms with E-state index in [9.17, 15) is 9.59 Å². The van der Waals surface area contributed by atoms with E-state index in [2.05, 4.69) is 55.4 Å². The van der Waals surface area contributed by atoms with Crippen LogP contribution < -0.4 is 0 Å². The van der Waals surface area contributed by atoms with Crippen molar-refractivity contribution >= 4 is 11.9 Å². The molecule has 0 aliphatic heterocycles. The highest BCUT2D eigenvalue weighted by molar-refractivity contribution is 5.77. The molecule has 0 spiro atoms. The van der Waals surface area contributed by atoms with Gasteiger partial charge in [-0.2, -0.15) is 0 Å². The Morgan fingerprint density at radius 3 is 1.50 bits per heavy atom. The summed E-state index contributed by atoms with van der Waals surface area (Å²) >= 11 is 0. The minimum Gasteiger partial charge on any atom is -0.465 e. The molecular weight excluding hydrogens is 472 g/mol. The Balaban J connectivity index is 4.32. The highest BCUT2D eigenvalue weighted by Crippen LogP contribution is 2.42. The third-order valence-electron chi connectivity index (χ3n) is 8.93. The molecule has 0 amide bonds. The predicted molar refractivity (Wildman–Crippen MR) is 162 cm³/mol. The van der Waals surface area contributed by atoms with E-state index in [0.29, 0.717) is 31.5 Å². The van der Waals surface area contributed by atoms with Gasteiger partial charge in [0, 0.05) is 6.42 Å². The van der Waals surface area contributed by atoms with E-state index < -0.39 is 5.41 Å². The van der Waals surface area contributed by atoms with Gasteiger partial charge in [-0.25, -0.2) is 0 Å². The molecule has 0 aromatic heterocycles. The zero-order valence-corrected chi connectivity index (χ0v) is 26.9. The van der Waals surface area contributed by atoms with Crippen LogP contribution in [0.3, 0.4) is 0 Å². The summed E-state index contributed by atoms with van der Waals surface area (Å²) in [5, 5.41) is 0. The third-order valence-corrected chi connectivity index (χ3v) is 8.93. The van der Waals surface area contributed by atoms with Crippen LogP contribution in [0.15, 0.2) is 0 Å². The van der Waals surface area contributed by atoms with Gasteiger partial charge in [-0.05, 0) is 49.4 Å². The lowest BCUT2D eigenvalue weighted by Crippen LogP contribution is -2.43. The molecule has 2 atom stereocenters. The number of carbonyl (C=O) groups is 2. The van der Waals surface area contributed by atoms with Crippen LogP contribution in [0.5, 0.6) is 0 Å². The molecule has 0 aliphatic rings. The van der Waals surface area contributed by atoms with Gasteiger partial charge in [0.1, 0.15) is 0 Å². The monoisotopic (exact) mass is 538 g/mol. The van der Waals surface area contributed by atoms with Crippen molar-refractivity contribution in [2.75, 3.05) is 13.2 Å². The van der Waals surface area contributed by atoms with Crippen molar-refractivity contribution < 1.29 is 19.1 Å². The number of esters is 2. The van der Waals surface area contributed by atoms with Gasteiger partial charge in [-0.15, -0.1) is 0 Å². The average Bonchev–Trinajstić information content (AvgIpc) is 2.89. The largest absolute Gasteiger partial charge is 0.465 e. The minimum atomic E-state index is -0.392. The number of hydrogen-bond acceptors (Lipinski definition) is 4. The molecule has 0 rings (SSSR count). The van der Waals surface area contributed by atoms with Crippen LogP contribution in [0.2, 0.25) is 0 Å². The molecule has 0 aromatic rings. The van der Waals surface area contributed by atoms with Crippen molar-refractivity contribution in [3.05, 3.63) is 0 Å². The zero-order chi connectivity index (χ0) is 28.8. The van der Waals surface area contributed by atoms with Crippen molar-refractivity contribution in [2.45, 2.75) is 165 Å². The van der Waals surface area contributed by atoms with Gasteiger partial charge in [0.05, 0.1) is 18.6 Å². The first-order chi connectivity index (χ1) is 18.2. The maximum absolute atomic E-state index is 13.4. The first kappa shape index (κ1) is 36.9. The van der Waals surface area contributed by atoms with Gasteiger partial charge in [-0.3, -0.25) is 9.59 Å². The van der Waals surface area contributed by atoms with Crippen LogP contribution >= 0.6 is 0 Å². The summed E-state index contributed by atoms with van der Waals surface area (Å²) in [5.74, 6) is 1.54. The topological polar surface area (TPSA) is 52.6 Å². The van der Waals surface area contributed by atoms with Crippen molar-refractivity contribution in [2.24, 2.45) is 29.1 Å². The Hall–Kier alpha value is -1.06. The van der Waals surface area contributed by atoms with Gasteiger partial charge in [0.25, 0.3) is 0 Å². The van der Waals surface area contributed by atoms with Crippen LogP contribution in [0, 0.1) is 29.1 Å². The van der Waals surface area contributed by atoms with Crippen LogP contribution in [-0.2, 0) is 19.1 Å². The minimum absolute atomic E-state index is 0.0267. The number of hydrogen-bond donors (Lipinski definition) is 0. The van der Waals surface area contributed by atoms with Gasteiger partial charge < -0.3 is 9.47 Å². The van der Waals surface area contributed by atoms with E-state index >= 15 is 0 Å². The summed E-state index contributed by atoms with van der Waals surface area (Å²) in [5.41, 5.74) is -0.392. The van der Waals surface area contributed by atoms with Gasteiger partial charge in [-0.1, -0.05) is 132 Å². The summed E-state index contributed by atoms with van der Waals surface area (Å²) in [4.78, 5) is 25.5. The summed E-state index contributed by atoms with van der Waals surface area (Å²) in [6.07, 6.45) is 18.5. The molecule has 0 N–H and O–H groups in total. The number of unbranched alkanes of at least 4 members (excludes halogenated alkanes) is 8. The standard InChI is InChI=1S/C34H66O4/c1-9-13-22-30(11-3)26-37-32(35)24-20-18-16-15-17-19-21-25-34(28(5)6,29(7)8)33(36)38-27-31(12-4)23-14-10-2/h28-31H,9-27H2,1-8H3. The lowest BCUT2D eigenvalue weighted by molar-refractivity contribution is -0.165. The summed E-state index contributed by atoms with van der Waals surface area (Å²) < 4.78 is 11.5. The normalized spacial score (nSPS) is 13.6. The average molecular weight is 539 g/mol. The van der Waals surface area contributed by atoms with Crippen molar-refractivity contribution in [1.82, 2.24) is 0 Å². The highest BCUT2D eigenvalue weighted by atomic mass is 16.5. The van der Waals surface area contributed by atoms with Gasteiger partial charge >= 0.3 is 11.9 Å². The molecule has 0 bridgehead atoms. The maximum atomic E-state index is 13.4. The Kier molecular flexibility index (Phi) is 22.1. The number of ether oxygens (including phenoxy) is 2. The molecule has 2 unspecified atom stereocenters. The first-order valence-corrected chi connectivity index (χ1v) is 16.5. The Morgan fingerprint density at radius 2 is 1.05 bits per heavy atom. The maximum Gasteiger partial charge on any atom is 0.312 e. The van der Waals surface area contributed by atoms with Crippen LogP contribution in [0.1, 0.15) is 165 Å². The van der Waals surface area contributed by atoms with E-state index in [1.165, 1.54) is 44.9 Å². The van der Waals surface area contributed by atoms with Crippen LogP contribution in [-0.4, -0.2) is 25.2 Å². The number of rotatable bonds is 25. The quantitative estimate of drug-likeness (QED) is 0.0856. The first-order valence-electron chi connectivity index (χ1n) is 16.5. The van der Waals surface area contributed by atoms with E-state index in [0.717, 1.165) is 57.8 Å². The fourth-order valence-corrected chi connectivity index (χ4v) is 5.80. The summed E-state index contributed by atoms with van der Waals surface area (Å²) in [6.45, 7) is 18.7. The molecule has 4 heteroatoms. The smallest absolute Gasteiger partial charge is 0.312 e. The second-order valence-corrected chi connectivity index (χ2v) is 12.4. The van der Waals surface area contributed by atoms with Crippen molar-refractivity contribution in [3.63, 3.8) is 0 Å². The van der Waals surface area contributed by atoms with Gasteiger partial charge in [0.2, 0.25) is 0 Å². The van der Waals surface area contributed by atoms with Gasteiger partial charge in [0.15, 0.2) is 0 Å². The van der Waals surface area contributed by atoms with E-state index in [4.69, 9.17) is 9.47 Å². The predicted octanol–water partition coefficient (Wildman–Crippen LogP) is 10.3. The van der Waals surface area contributed by atoms with Crippen molar-refractivity contribution in [1.29, 1.82) is 0 Å². The zero-order valence-electron chi connectivity index (χ0n) is 26.9. The second-order valence-electron chi connectivity index (χ2n) is 12.4. The van der Waals surface area contributed by atoms with Crippen LogP contribution in [0.4, 0.5) is 0 Å². The summed E-state index contributed by atoms with van der Waals surface area (Å²) in [7, 11) is 0. The molecule has 38 heavy (non-hydrogen) atoms. The fourth-order valence-electron chi connectivity index (χ4n) is 5.80. The lowest BCUT2D eigenvalue weighted by Gasteiger charge is -2.39. The molecule has 0 aliphatic carbocycles. The second kappa shape index (κ2) is 22.7. The molecule has 4 nitrogen and oxygen atoms in total. The molecule has 0 aromatic carbocycles. The van der Waals surface area contributed by atoms with E-state index in [-0.39, 0.29) is 23.8 Å². The third kappa shape index (κ3) is 14.9. The SMILES string of the molecule is CCCCC(CC)COC(=O)CCCCCCCCCC(C(=O)OCC(CC)CCCC)(C(C)C)C(C)C. The molecule has 226 valence electrons. The number of carbonyl (C=O) groups excluding carboxylic acids is 2. The van der Waals surface area contributed by atoms with Crippen molar-refractivity contribution in [3.8, 4) is 0 Å². The molecule has 0 radical (unpaired) electrons. The van der Waals surface area contributed by atoms with Crippen LogP contribution in [0.25, 0.3) is 0 Å². The van der Waals surface area contributed by atoms with E-state index in [1.807, 2.05) is 0 Å². The fraction of sp³-hybridized carbons (Fsp3) is 0.941. The Labute approximate surface area is 237 Å².